The molecule has 0 unspecified atom stereocenters. The molecule has 0 fully saturated rings. The highest BCUT2D eigenvalue weighted by Crippen LogP contribution is 2.15. The van der Waals surface area contributed by atoms with Gasteiger partial charge in [-0.3, -0.25) is 9.78 Å². The third kappa shape index (κ3) is 6.25. The highest BCUT2D eigenvalue weighted by Gasteiger charge is 2.10. The first-order chi connectivity index (χ1) is 11.9. The van der Waals surface area contributed by atoms with Gasteiger partial charge in [-0.2, -0.15) is 0 Å². The molecule has 6 nitrogen and oxygen atoms in total. The molecule has 3 amide bonds. The number of hydrogen-bond donors (Lipinski definition) is 3. The van der Waals surface area contributed by atoms with Crippen molar-refractivity contribution in [2.45, 2.75) is 33.2 Å². The van der Waals surface area contributed by atoms with Gasteiger partial charge in [0.05, 0.1) is 6.04 Å². The van der Waals surface area contributed by atoms with Gasteiger partial charge in [-0.05, 0) is 48.7 Å². The molecule has 3 N–H and O–H groups in total. The summed E-state index contributed by atoms with van der Waals surface area (Å²) >= 11 is 0. The first kappa shape index (κ1) is 18.4. The zero-order valence-corrected chi connectivity index (χ0v) is 14.7. The van der Waals surface area contributed by atoms with E-state index in [0.717, 1.165) is 5.56 Å². The fourth-order valence-corrected chi connectivity index (χ4v) is 2.30. The van der Waals surface area contributed by atoms with Gasteiger partial charge >= 0.3 is 6.03 Å². The van der Waals surface area contributed by atoms with Crippen molar-refractivity contribution in [2.75, 3.05) is 10.6 Å². The van der Waals surface area contributed by atoms with Gasteiger partial charge < -0.3 is 16.0 Å². The molecule has 0 spiro atoms. The molecule has 25 heavy (non-hydrogen) atoms. The summed E-state index contributed by atoms with van der Waals surface area (Å²) in [6, 6.07) is 10.3. The van der Waals surface area contributed by atoms with Gasteiger partial charge in [0.25, 0.3) is 0 Å². The molecule has 0 aliphatic heterocycles. The third-order valence-corrected chi connectivity index (χ3v) is 3.55. The second-order valence-electron chi connectivity index (χ2n) is 6.33. The Kier molecular flexibility index (Phi) is 6.51. The van der Waals surface area contributed by atoms with Crippen LogP contribution in [0.5, 0.6) is 0 Å². The quantitative estimate of drug-likeness (QED) is 0.744. The predicted molar refractivity (Wildman–Crippen MR) is 99.3 cm³/mol. The van der Waals surface area contributed by atoms with Gasteiger partial charge in [-0.25, -0.2) is 4.79 Å². The molecule has 1 heterocycles. The molecule has 1 atom stereocenters. The van der Waals surface area contributed by atoms with E-state index in [1.165, 1.54) is 0 Å². The lowest BCUT2D eigenvalue weighted by Crippen LogP contribution is -2.31. The lowest BCUT2D eigenvalue weighted by atomic mass is 10.1. The molecule has 132 valence electrons. The van der Waals surface area contributed by atoms with Gasteiger partial charge in [0, 0.05) is 30.2 Å². The molecule has 0 saturated heterocycles. The van der Waals surface area contributed by atoms with E-state index < -0.39 is 0 Å². The Balaban J connectivity index is 1.86. The minimum absolute atomic E-state index is 0.0150. The van der Waals surface area contributed by atoms with E-state index in [-0.39, 0.29) is 18.0 Å². The minimum Gasteiger partial charge on any atom is -0.331 e. The van der Waals surface area contributed by atoms with Crippen molar-refractivity contribution in [2.24, 2.45) is 5.92 Å². The van der Waals surface area contributed by atoms with Gasteiger partial charge in [0.15, 0.2) is 0 Å². The fraction of sp³-hybridized carbons (Fsp3) is 0.316. The van der Waals surface area contributed by atoms with Crippen LogP contribution in [0.2, 0.25) is 0 Å². The van der Waals surface area contributed by atoms with E-state index in [9.17, 15) is 9.59 Å². The number of carbonyl (C=O) groups is 2. The molecule has 0 aliphatic rings. The van der Waals surface area contributed by atoms with Crippen molar-refractivity contribution >= 4 is 23.3 Å². The van der Waals surface area contributed by atoms with Crippen LogP contribution in [0.4, 0.5) is 16.2 Å². The average molecular weight is 340 g/mol. The summed E-state index contributed by atoms with van der Waals surface area (Å²) in [6.07, 6.45) is 3.89. The zero-order valence-electron chi connectivity index (χ0n) is 14.7. The highest BCUT2D eigenvalue weighted by atomic mass is 16.2. The predicted octanol–water partition coefficient (Wildman–Crippen LogP) is 3.95. The molecular weight excluding hydrogens is 316 g/mol. The molecule has 0 saturated carbocycles. The molecule has 1 aromatic carbocycles. The summed E-state index contributed by atoms with van der Waals surface area (Å²) in [6.45, 7) is 5.89. The Morgan fingerprint density at radius 3 is 2.20 bits per heavy atom. The standard InChI is InChI=1S/C19H24N4O2/c1-13(2)11-18(24)22-16-6-8-17(9-7-16)23-19(25)21-14(3)15-5-4-10-20-12-15/h4-10,12-14H,11H2,1-3H3,(H,22,24)(H2,21,23,25)/t14-/m0/s1. The van der Waals surface area contributed by atoms with Crippen LogP contribution >= 0.6 is 0 Å². The molecule has 0 aliphatic carbocycles. The zero-order chi connectivity index (χ0) is 18.2. The minimum atomic E-state index is -0.298. The number of anilines is 2. The summed E-state index contributed by atoms with van der Waals surface area (Å²) in [5, 5.41) is 8.46. The van der Waals surface area contributed by atoms with Gasteiger partial charge in [0.1, 0.15) is 0 Å². The maximum absolute atomic E-state index is 12.1. The number of carbonyl (C=O) groups excluding carboxylic acids is 2. The van der Waals surface area contributed by atoms with Crippen molar-refractivity contribution in [1.82, 2.24) is 10.3 Å². The Labute approximate surface area is 148 Å². The summed E-state index contributed by atoms with van der Waals surface area (Å²) in [5.41, 5.74) is 2.29. The number of amides is 3. The second kappa shape index (κ2) is 8.82. The van der Waals surface area contributed by atoms with E-state index in [1.807, 2.05) is 32.9 Å². The molecule has 2 aromatic rings. The van der Waals surface area contributed by atoms with Crippen LogP contribution in [0.3, 0.4) is 0 Å². The van der Waals surface area contributed by atoms with E-state index in [2.05, 4.69) is 20.9 Å². The van der Waals surface area contributed by atoms with Crippen LogP contribution in [0.25, 0.3) is 0 Å². The first-order valence-electron chi connectivity index (χ1n) is 8.31. The van der Waals surface area contributed by atoms with Crippen molar-refractivity contribution < 1.29 is 9.59 Å². The number of nitrogens with zero attached hydrogens (tertiary/aromatic N) is 1. The molecule has 0 bridgehead atoms. The fourth-order valence-electron chi connectivity index (χ4n) is 2.30. The van der Waals surface area contributed by atoms with Gasteiger partial charge in [-0.1, -0.05) is 19.9 Å². The van der Waals surface area contributed by atoms with Crippen LogP contribution in [0.15, 0.2) is 48.8 Å². The van der Waals surface area contributed by atoms with Crippen LogP contribution in [-0.2, 0) is 4.79 Å². The van der Waals surface area contributed by atoms with Crippen molar-refractivity contribution in [3.05, 3.63) is 54.4 Å². The topological polar surface area (TPSA) is 83.1 Å². The Morgan fingerprint density at radius 1 is 1.00 bits per heavy atom. The summed E-state index contributed by atoms with van der Waals surface area (Å²) in [7, 11) is 0. The number of urea groups is 1. The van der Waals surface area contributed by atoms with E-state index in [1.54, 1.807) is 36.7 Å². The van der Waals surface area contributed by atoms with Crippen molar-refractivity contribution in [1.29, 1.82) is 0 Å². The third-order valence-electron chi connectivity index (χ3n) is 3.55. The summed E-state index contributed by atoms with van der Waals surface area (Å²) in [4.78, 5) is 27.9. The number of aromatic nitrogens is 1. The van der Waals surface area contributed by atoms with Crippen molar-refractivity contribution in [3.8, 4) is 0 Å². The summed E-state index contributed by atoms with van der Waals surface area (Å²) in [5.74, 6) is 0.296. The van der Waals surface area contributed by atoms with Gasteiger partial charge in [-0.15, -0.1) is 0 Å². The lowest BCUT2D eigenvalue weighted by molar-refractivity contribution is -0.116. The van der Waals surface area contributed by atoms with Crippen molar-refractivity contribution in [3.63, 3.8) is 0 Å². The maximum Gasteiger partial charge on any atom is 0.319 e. The average Bonchev–Trinajstić information content (AvgIpc) is 2.56. The Hall–Kier alpha value is -2.89. The van der Waals surface area contributed by atoms with Gasteiger partial charge in [0.2, 0.25) is 5.91 Å². The second-order valence-corrected chi connectivity index (χ2v) is 6.33. The first-order valence-corrected chi connectivity index (χ1v) is 8.31. The monoisotopic (exact) mass is 340 g/mol. The van der Waals surface area contributed by atoms with Crippen LogP contribution in [-0.4, -0.2) is 16.9 Å². The number of nitrogens with one attached hydrogen (secondary N) is 3. The SMILES string of the molecule is CC(C)CC(=O)Nc1ccc(NC(=O)N[C@@H](C)c2cccnc2)cc1. The van der Waals surface area contributed by atoms with Crippen LogP contribution < -0.4 is 16.0 Å². The molecule has 2 rings (SSSR count). The maximum atomic E-state index is 12.1. The largest absolute Gasteiger partial charge is 0.331 e. The Bertz CT molecular complexity index is 699. The summed E-state index contributed by atoms with van der Waals surface area (Å²) < 4.78 is 0. The lowest BCUT2D eigenvalue weighted by Gasteiger charge is -2.15. The highest BCUT2D eigenvalue weighted by molar-refractivity contribution is 5.92. The number of hydrogen-bond acceptors (Lipinski definition) is 3. The molecule has 0 radical (unpaired) electrons. The normalized spacial score (nSPS) is 11.7. The molecule has 6 heteroatoms. The van der Waals surface area contributed by atoms with E-state index in [0.29, 0.717) is 23.7 Å². The molecular formula is C19H24N4O2. The van der Waals surface area contributed by atoms with E-state index >= 15 is 0 Å². The Morgan fingerprint density at radius 2 is 1.64 bits per heavy atom. The van der Waals surface area contributed by atoms with Crippen LogP contribution in [0, 0.1) is 5.92 Å². The smallest absolute Gasteiger partial charge is 0.319 e. The molecule has 1 aromatic heterocycles. The number of rotatable bonds is 6. The van der Waals surface area contributed by atoms with E-state index in [4.69, 9.17) is 0 Å². The van der Waals surface area contributed by atoms with Crippen LogP contribution in [0.1, 0.15) is 38.8 Å². The number of benzene rings is 1. The number of pyridine rings is 1.